The number of nitrogens with one attached hydrogen (secondary N) is 2. The van der Waals surface area contributed by atoms with Crippen LogP contribution in [0.5, 0.6) is 0 Å². The Morgan fingerprint density at radius 2 is 2.06 bits per heavy atom. The summed E-state index contributed by atoms with van der Waals surface area (Å²) in [4.78, 5) is 11.2. The largest absolute Gasteiger partial charge is 0.397 e. The Kier molecular flexibility index (Phi) is 4.51. The highest BCUT2D eigenvalue weighted by atomic mass is 32.2. The van der Waals surface area contributed by atoms with Gasteiger partial charge in [-0.2, -0.15) is 0 Å². The van der Waals surface area contributed by atoms with E-state index in [1.165, 1.54) is 18.2 Å². The molecule has 0 fully saturated rings. The van der Waals surface area contributed by atoms with Crippen LogP contribution in [0.3, 0.4) is 0 Å². The molecule has 0 heterocycles. The maximum absolute atomic E-state index is 11.3. The van der Waals surface area contributed by atoms with Crippen LogP contribution < -0.4 is 21.5 Å². The van der Waals surface area contributed by atoms with Crippen LogP contribution in [0.15, 0.2) is 23.1 Å². The third-order valence-electron chi connectivity index (χ3n) is 2.17. The number of primary sulfonamides is 1. The maximum atomic E-state index is 11.3. The third-order valence-corrected chi connectivity index (χ3v) is 3.08. The lowest BCUT2D eigenvalue weighted by atomic mass is 10.2. The molecule has 0 aliphatic rings. The fourth-order valence-corrected chi connectivity index (χ4v) is 1.84. The first-order valence-electron chi connectivity index (χ1n) is 5.27. The summed E-state index contributed by atoms with van der Waals surface area (Å²) in [5.74, 6) is -0.210. The van der Waals surface area contributed by atoms with Crippen LogP contribution in [0.25, 0.3) is 0 Å². The molecule has 0 unspecified atom stereocenters. The van der Waals surface area contributed by atoms with Gasteiger partial charge in [0.2, 0.25) is 15.9 Å². The average Bonchev–Trinajstić information content (AvgIpc) is 2.26. The number of amides is 1. The molecule has 1 aromatic rings. The third kappa shape index (κ3) is 3.90. The van der Waals surface area contributed by atoms with Crippen LogP contribution in [0.4, 0.5) is 11.4 Å². The lowest BCUT2D eigenvalue weighted by molar-refractivity contribution is -0.119. The van der Waals surface area contributed by atoms with Crippen LogP contribution in [0, 0.1) is 0 Å². The standard InChI is InChI=1S/C10H16N4O3S/c1-2-13-10(15)6-14-9-5-7(18(12,16)17)3-4-8(9)11/h3-5,14H,2,6,11H2,1H3,(H,13,15)(H2,12,16,17). The van der Waals surface area contributed by atoms with Crippen molar-refractivity contribution in [2.75, 3.05) is 24.1 Å². The second kappa shape index (κ2) is 5.69. The van der Waals surface area contributed by atoms with Gasteiger partial charge in [0.05, 0.1) is 22.8 Å². The predicted octanol–water partition coefficient (Wildman–Crippen LogP) is -0.536. The van der Waals surface area contributed by atoms with E-state index in [-0.39, 0.29) is 17.3 Å². The quantitative estimate of drug-likeness (QED) is 0.535. The molecule has 0 atom stereocenters. The van der Waals surface area contributed by atoms with E-state index in [1.807, 2.05) is 0 Å². The molecule has 18 heavy (non-hydrogen) atoms. The van der Waals surface area contributed by atoms with E-state index in [4.69, 9.17) is 10.9 Å². The number of hydrogen-bond donors (Lipinski definition) is 4. The Labute approximate surface area is 106 Å². The zero-order chi connectivity index (χ0) is 13.8. The van der Waals surface area contributed by atoms with Crippen LogP contribution in [0.1, 0.15) is 6.92 Å². The van der Waals surface area contributed by atoms with Crippen molar-refractivity contribution in [2.45, 2.75) is 11.8 Å². The van der Waals surface area contributed by atoms with Gasteiger partial charge >= 0.3 is 0 Å². The van der Waals surface area contributed by atoms with Crippen molar-refractivity contribution in [1.82, 2.24) is 5.32 Å². The summed E-state index contributed by atoms with van der Waals surface area (Å²) in [7, 11) is -3.79. The zero-order valence-electron chi connectivity index (χ0n) is 9.93. The van der Waals surface area contributed by atoms with Crippen molar-refractivity contribution in [1.29, 1.82) is 0 Å². The molecule has 1 rings (SSSR count). The topological polar surface area (TPSA) is 127 Å². The molecular formula is C10H16N4O3S. The number of carbonyl (C=O) groups is 1. The van der Waals surface area contributed by atoms with E-state index in [2.05, 4.69) is 10.6 Å². The molecular weight excluding hydrogens is 256 g/mol. The Bertz CT molecular complexity index is 542. The van der Waals surface area contributed by atoms with Crippen LogP contribution in [-0.4, -0.2) is 27.4 Å². The van der Waals surface area contributed by atoms with Crippen molar-refractivity contribution in [3.8, 4) is 0 Å². The van der Waals surface area contributed by atoms with Crippen molar-refractivity contribution >= 4 is 27.3 Å². The Balaban J connectivity index is 2.86. The average molecular weight is 272 g/mol. The van der Waals surface area contributed by atoms with E-state index in [0.29, 0.717) is 17.9 Å². The van der Waals surface area contributed by atoms with Gasteiger partial charge in [0.15, 0.2) is 0 Å². The van der Waals surface area contributed by atoms with Gasteiger partial charge in [0.1, 0.15) is 0 Å². The number of nitrogens with two attached hydrogens (primary N) is 2. The van der Waals surface area contributed by atoms with Crippen molar-refractivity contribution in [2.24, 2.45) is 5.14 Å². The molecule has 0 radical (unpaired) electrons. The smallest absolute Gasteiger partial charge is 0.239 e. The molecule has 0 bridgehead atoms. The van der Waals surface area contributed by atoms with Gasteiger partial charge in [0, 0.05) is 6.54 Å². The number of carbonyl (C=O) groups excluding carboxylic acids is 1. The second-order valence-corrected chi connectivity index (χ2v) is 5.16. The first-order chi connectivity index (χ1) is 8.34. The number of likely N-dealkylation sites (N-methyl/N-ethyl adjacent to an activating group) is 1. The summed E-state index contributed by atoms with van der Waals surface area (Å²) in [6.45, 7) is 2.33. The van der Waals surface area contributed by atoms with Crippen molar-refractivity contribution in [3.05, 3.63) is 18.2 Å². The fraction of sp³-hybridized carbons (Fsp3) is 0.300. The SMILES string of the molecule is CCNC(=O)CNc1cc(S(N)(=O)=O)ccc1N. The van der Waals surface area contributed by atoms with Gasteiger partial charge in [-0.3, -0.25) is 4.79 Å². The monoisotopic (exact) mass is 272 g/mol. The van der Waals surface area contributed by atoms with Crippen molar-refractivity contribution < 1.29 is 13.2 Å². The molecule has 6 N–H and O–H groups in total. The Hall–Kier alpha value is -1.80. The van der Waals surface area contributed by atoms with E-state index < -0.39 is 10.0 Å². The Morgan fingerprint density at radius 3 is 2.61 bits per heavy atom. The summed E-state index contributed by atoms with van der Waals surface area (Å²) in [6, 6.07) is 4.02. The van der Waals surface area contributed by atoms with Crippen LogP contribution in [-0.2, 0) is 14.8 Å². The van der Waals surface area contributed by atoms with E-state index in [0.717, 1.165) is 0 Å². The van der Waals surface area contributed by atoms with E-state index in [9.17, 15) is 13.2 Å². The first kappa shape index (κ1) is 14.3. The van der Waals surface area contributed by atoms with Gasteiger partial charge in [-0.25, -0.2) is 13.6 Å². The second-order valence-electron chi connectivity index (χ2n) is 3.60. The molecule has 100 valence electrons. The minimum absolute atomic E-state index is 0.00606. The number of nitrogen functional groups attached to an aromatic ring is 1. The van der Waals surface area contributed by atoms with Crippen LogP contribution in [0.2, 0.25) is 0 Å². The molecule has 0 spiro atoms. The summed E-state index contributed by atoms with van der Waals surface area (Å²) < 4.78 is 22.3. The highest BCUT2D eigenvalue weighted by molar-refractivity contribution is 7.89. The van der Waals surface area contributed by atoms with Gasteiger partial charge in [-0.1, -0.05) is 0 Å². The fourth-order valence-electron chi connectivity index (χ4n) is 1.30. The number of hydrogen-bond acceptors (Lipinski definition) is 5. The number of sulfonamides is 1. The Morgan fingerprint density at radius 1 is 1.39 bits per heavy atom. The summed E-state index contributed by atoms with van der Waals surface area (Å²) in [5, 5.41) is 10.4. The zero-order valence-corrected chi connectivity index (χ0v) is 10.8. The molecule has 7 nitrogen and oxygen atoms in total. The molecule has 0 saturated heterocycles. The molecule has 0 aliphatic carbocycles. The highest BCUT2D eigenvalue weighted by Crippen LogP contribution is 2.21. The lowest BCUT2D eigenvalue weighted by Gasteiger charge is -2.10. The van der Waals surface area contributed by atoms with Gasteiger partial charge < -0.3 is 16.4 Å². The van der Waals surface area contributed by atoms with Crippen LogP contribution >= 0.6 is 0 Å². The van der Waals surface area contributed by atoms with Gasteiger partial charge in [-0.05, 0) is 25.1 Å². The molecule has 0 aromatic heterocycles. The molecule has 1 aromatic carbocycles. The van der Waals surface area contributed by atoms with Crippen molar-refractivity contribution in [3.63, 3.8) is 0 Å². The number of rotatable bonds is 5. The van der Waals surface area contributed by atoms with E-state index >= 15 is 0 Å². The normalized spacial score (nSPS) is 11.0. The van der Waals surface area contributed by atoms with Gasteiger partial charge in [-0.15, -0.1) is 0 Å². The molecule has 1 amide bonds. The summed E-state index contributed by atoms with van der Waals surface area (Å²) in [5.41, 5.74) is 6.36. The summed E-state index contributed by atoms with van der Waals surface area (Å²) in [6.07, 6.45) is 0. The van der Waals surface area contributed by atoms with E-state index in [1.54, 1.807) is 6.92 Å². The minimum Gasteiger partial charge on any atom is -0.397 e. The van der Waals surface area contributed by atoms with Gasteiger partial charge in [0.25, 0.3) is 0 Å². The molecule has 8 heteroatoms. The molecule has 0 aliphatic heterocycles. The molecule has 0 saturated carbocycles. The highest BCUT2D eigenvalue weighted by Gasteiger charge is 2.10. The lowest BCUT2D eigenvalue weighted by Crippen LogP contribution is -2.29. The predicted molar refractivity (Wildman–Crippen MR) is 69.4 cm³/mol. The summed E-state index contributed by atoms with van der Waals surface area (Å²) >= 11 is 0. The minimum atomic E-state index is -3.79. The number of anilines is 2. The first-order valence-corrected chi connectivity index (χ1v) is 6.82. The maximum Gasteiger partial charge on any atom is 0.239 e. The number of benzene rings is 1.